The van der Waals surface area contributed by atoms with Gasteiger partial charge in [0.25, 0.3) is 0 Å². The van der Waals surface area contributed by atoms with Crippen LogP contribution in [-0.4, -0.2) is 26.7 Å². The summed E-state index contributed by atoms with van der Waals surface area (Å²) in [5, 5.41) is 6.36. The van der Waals surface area contributed by atoms with Crippen LogP contribution in [0.1, 0.15) is 16.7 Å². The van der Waals surface area contributed by atoms with Crippen LogP contribution in [0.5, 0.6) is 5.75 Å². The molecular weight excluding hydrogens is 432 g/mol. The van der Waals surface area contributed by atoms with Gasteiger partial charge in [-0.1, -0.05) is 35.9 Å². The van der Waals surface area contributed by atoms with Crippen LogP contribution in [0.15, 0.2) is 47.5 Å². The molecule has 2 rings (SSSR count). The zero-order valence-electron chi connectivity index (χ0n) is 14.8. The van der Waals surface area contributed by atoms with Crippen LogP contribution in [0.3, 0.4) is 0 Å². The summed E-state index contributed by atoms with van der Waals surface area (Å²) in [7, 11) is 3.38. The molecule has 6 heteroatoms. The van der Waals surface area contributed by atoms with Gasteiger partial charge in [0.05, 0.1) is 7.11 Å². The van der Waals surface area contributed by atoms with E-state index in [2.05, 4.69) is 28.6 Å². The van der Waals surface area contributed by atoms with Gasteiger partial charge in [0.15, 0.2) is 5.96 Å². The van der Waals surface area contributed by atoms with Crippen LogP contribution in [0, 0.1) is 12.7 Å². The number of hydrogen-bond donors (Lipinski definition) is 2. The normalized spacial score (nSPS) is 10.8. The molecule has 0 bridgehead atoms. The molecule has 136 valence electrons. The number of aryl methyl sites for hydroxylation is 1. The summed E-state index contributed by atoms with van der Waals surface area (Å²) in [4.78, 5) is 4.16. The second kappa shape index (κ2) is 10.9. The smallest absolute Gasteiger partial charge is 0.191 e. The van der Waals surface area contributed by atoms with E-state index >= 15 is 0 Å². The minimum Gasteiger partial charge on any atom is -0.496 e. The van der Waals surface area contributed by atoms with E-state index in [1.165, 1.54) is 11.6 Å². The van der Waals surface area contributed by atoms with Crippen molar-refractivity contribution in [2.45, 2.75) is 19.9 Å². The van der Waals surface area contributed by atoms with Crippen molar-refractivity contribution in [2.24, 2.45) is 4.99 Å². The van der Waals surface area contributed by atoms with Gasteiger partial charge in [0, 0.05) is 25.7 Å². The van der Waals surface area contributed by atoms with E-state index in [-0.39, 0.29) is 29.8 Å². The molecule has 25 heavy (non-hydrogen) atoms. The average molecular weight is 457 g/mol. The van der Waals surface area contributed by atoms with Gasteiger partial charge in [-0.25, -0.2) is 4.39 Å². The van der Waals surface area contributed by atoms with Gasteiger partial charge < -0.3 is 15.4 Å². The molecule has 0 saturated heterocycles. The molecule has 0 aliphatic carbocycles. The number of methoxy groups -OCH3 is 1. The van der Waals surface area contributed by atoms with Crippen LogP contribution >= 0.6 is 24.0 Å². The van der Waals surface area contributed by atoms with Crippen LogP contribution in [0.25, 0.3) is 0 Å². The number of rotatable bonds is 6. The predicted molar refractivity (Wildman–Crippen MR) is 111 cm³/mol. The average Bonchev–Trinajstić information content (AvgIpc) is 2.59. The van der Waals surface area contributed by atoms with Crippen LogP contribution in [-0.2, 0) is 13.0 Å². The van der Waals surface area contributed by atoms with Gasteiger partial charge in [0.1, 0.15) is 11.6 Å². The van der Waals surface area contributed by atoms with Gasteiger partial charge >= 0.3 is 0 Å². The molecule has 0 saturated carbocycles. The Labute approximate surface area is 165 Å². The maximum atomic E-state index is 13.6. The standard InChI is InChI=1S/C19H24FN3O.HI/c1-14-8-9-18(24-3)15(12-14)10-11-22-19(21-2)23-13-16-6-4-5-7-17(16)20;/h4-9,12H,10-11,13H2,1-3H3,(H2,21,22,23);1H. The maximum absolute atomic E-state index is 13.6. The number of halogens is 2. The molecule has 0 aliphatic heterocycles. The van der Waals surface area contributed by atoms with E-state index in [4.69, 9.17) is 4.74 Å². The molecule has 0 unspecified atom stereocenters. The molecule has 2 aromatic rings. The number of ether oxygens (including phenoxy) is 1. The van der Waals surface area contributed by atoms with Gasteiger partial charge in [-0.15, -0.1) is 24.0 Å². The first-order chi connectivity index (χ1) is 11.6. The van der Waals surface area contributed by atoms with Crippen molar-refractivity contribution in [2.75, 3.05) is 20.7 Å². The highest BCUT2D eigenvalue weighted by Crippen LogP contribution is 2.19. The molecule has 0 fully saturated rings. The lowest BCUT2D eigenvalue weighted by Gasteiger charge is -2.14. The van der Waals surface area contributed by atoms with Crippen LogP contribution < -0.4 is 15.4 Å². The van der Waals surface area contributed by atoms with Crippen molar-refractivity contribution < 1.29 is 9.13 Å². The largest absolute Gasteiger partial charge is 0.496 e. The molecule has 0 atom stereocenters. The SMILES string of the molecule is CN=C(NCCc1cc(C)ccc1OC)NCc1ccccc1F.I. The van der Waals surface area contributed by atoms with Gasteiger partial charge in [-0.2, -0.15) is 0 Å². The molecule has 0 spiro atoms. The number of nitrogens with zero attached hydrogens (tertiary/aromatic N) is 1. The molecule has 0 aromatic heterocycles. The third kappa shape index (κ3) is 6.53. The van der Waals surface area contributed by atoms with E-state index in [1.807, 2.05) is 18.2 Å². The summed E-state index contributed by atoms with van der Waals surface area (Å²) in [5.41, 5.74) is 2.96. The van der Waals surface area contributed by atoms with Gasteiger partial charge in [-0.3, -0.25) is 4.99 Å². The highest BCUT2D eigenvalue weighted by atomic mass is 127. The van der Waals surface area contributed by atoms with E-state index in [1.54, 1.807) is 26.3 Å². The van der Waals surface area contributed by atoms with E-state index < -0.39 is 0 Å². The summed E-state index contributed by atoms with van der Waals surface area (Å²) in [6.07, 6.45) is 0.811. The zero-order valence-corrected chi connectivity index (χ0v) is 17.1. The fourth-order valence-corrected chi connectivity index (χ4v) is 2.46. The minimum absolute atomic E-state index is 0. The first-order valence-corrected chi connectivity index (χ1v) is 7.95. The third-order valence-electron chi connectivity index (χ3n) is 3.75. The first kappa shape index (κ1) is 21.2. The Morgan fingerprint density at radius 2 is 1.88 bits per heavy atom. The summed E-state index contributed by atoms with van der Waals surface area (Å²) in [6, 6.07) is 12.8. The van der Waals surface area contributed by atoms with Crippen molar-refractivity contribution >= 4 is 29.9 Å². The van der Waals surface area contributed by atoms with Crippen molar-refractivity contribution in [3.05, 3.63) is 65.0 Å². The number of benzene rings is 2. The number of aliphatic imine (C=N–C) groups is 1. The van der Waals surface area contributed by atoms with E-state index in [9.17, 15) is 4.39 Å². The number of nitrogens with one attached hydrogen (secondary N) is 2. The maximum Gasteiger partial charge on any atom is 0.191 e. The monoisotopic (exact) mass is 457 g/mol. The molecule has 0 radical (unpaired) electrons. The summed E-state index contributed by atoms with van der Waals surface area (Å²) in [5.74, 6) is 1.31. The number of guanidine groups is 1. The molecule has 4 nitrogen and oxygen atoms in total. The number of hydrogen-bond acceptors (Lipinski definition) is 2. The van der Waals surface area contributed by atoms with Crippen molar-refractivity contribution in [1.82, 2.24) is 10.6 Å². The predicted octanol–water partition coefficient (Wildman–Crippen LogP) is 3.67. The van der Waals surface area contributed by atoms with Gasteiger partial charge in [0.2, 0.25) is 0 Å². The summed E-state index contributed by atoms with van der Waals surface area (Å²) >= 11 is 0. The molecular formula is C19H25FIN3O. The van der Waals surface area contributed by atoms with E-state index in [0.717, 1.165) is 17.7 Å². The Kier molecular flexibility index (Phi) is 9.26. The Balaban J connectivity index is 0.00000312. The van der Waals surface area contributed by atoms with E-state index in [0.29, 0.717) is 24.6 Å². The van der Waals surface area contributed by atoms with Crippen molar-refractivity contribution in [1.29, 1.82) is 0 Å². The highest BCUT2D eigenvalue weighted by Gasteiger charge is 2.05. The lowest BCUT2D eigenvalue weighted by molar-refractivity contribution is 0.409. The molecule has 0 amide bonds. The Morgan fingerprint density at radius 1 is 1.12 bits per heavy atom. The highest BCUT2D eigenvalue weighted by molar-refractivity contribution is 14.0. The van der Waals surface area contributed by atoms with Gasteiger partial charge in [-0.05, 0) is 31.0 Å². The fraction of sp³-hybridized carbons (Fsp3) is 0.316. The molecule has 2 aromatic carbocycles. The lowest BCUT2D eigenvalue weighted by Crippen LogP contribution is -2.38. The van der Waals surface area contributed by atoms with Crippen molar-refractivity contribution in [3.8, 4) is 5.75 Å². The molecule has 0 aliphatic rings. The van der Waals surface area contributed by atoms with Crippen LogP contribution in [0.2, 0.25) is 0 Å². The molecule has 2 N–H and O–H groups in total. The van der Waals surface area contributed by atoms with Crippen molar-refractivity contribution in [3.63, 3.8) is 0 Å². The summed E-state index contributed by atoms with van der Waals surface area (Å²) in [6.45, 7) is 3.15. The quantitative estimate of drug-likeness (QED) is 0.396. The Bertz CT molecular complexity index is 707. The summed E-state index contributed by atoms with van der Waals surface area (Å²) < 4.78 is 19.0. The third-order valence-corrected chi connectivity index (χ3v) is 3.75. The molecule has 0 heterocycles. The Hall–Kier alpha value is -1.83. The Morgan fingerprint density at radius 3 is 2.56 bits per heavy atom. The topological polar surface area (TPSA) is 45.7 Å². The second-order valence-electron chi connectivity index (χ2n) is 5.51. The lowest BCUT2D eigenvalue weighted by atomic mass is 10.1. The zero-order chi connectivity index (χ0) is 17.4. The first-order valence-electron chi connectivity index (χ1n) is 7.95. The second-order valence-corrected chi connectivity index (χ2v) is 5.51. The minimum atomic E-state index is -0.218. The van der Waals surface area contributed by atoms with Crippen LogP contribution in [0.4, 0.5) is 4.39 Å². The fourth-order valence-electron chi connectivity index (χ4n) is 2.46.